The number of hydrogen-bond acceptors (Lipinski definition) is 4. The molecule has 24 heavy (non-hydrogen) atoms. The number of benzene rings is 1. The van der Waals surface area contributed by atoms with Crippen LogP contribution in [0.3, 0.4) is 0 Å². The summed E-state index contributed by atoms with van der Waals surface area (Å²) in [6.45, 7) is 3.49. The molecule has 0 bridgehead atoms. The fraction of sp³-hybridized carbons (Fsp3) is 0.167. The molecule has 0 atom stereocenters. The third-order valence-electron chi connectivity index (χ3n) is 3.97. The monoisotopic (exact) mass is 324 g/mol. The van der Waals surface area contributed by atoms with E-state index in [4.69, 9.17) is 10.5 Å². The molecule has 0 spiro atoms. The van der Waals surface area contributed by atoms with Crippen LogP contribution in [0.25, 0.3) is 5.70 Å². The van der Waals surface area contributed by atoms with Crippen molar-refractivity contribution in [3.8, 4) is 5.75 Å². The predicted molar refractivity (Wildman–Crippen MR) is 88.8 cm³/mol. The highest BCUT2D eigenvalue weighted by molar-refractivity contribution is 5.97. The summed E-state index contributed by atoms with van der Waals surface area (Å²) in [6, 6.07) is 9.41. The SMILES string of the molecule is CC1(C)Oc2ccc(C(N)=O)cc2C(n2ccccc2=O)=C1C=O. The van der Waals surface area contributed by atoms with E-state index in [2.05, 4.69) is 0 Å². The van der Waals surface area contributed by atoms with E-state index in [-0.39, 0.29) is 11.1 Å². The van der Waals surface area contributed by atoms with Gasteiger partial charge >= 0.3 is 0 Å². The van der Waals surface area contributed by atoms with Crippen molar-refractivity contribution in [2.24, 2.45) is 5.73 Å². The van der Waals surface area contributed by atoms with Gasteiger partial charge in [0.1, 0.15) is 11.4 Å². The molecule has 2 heterocycles. The number of ether oxygens (including phenoxy) is 1. The standard InChI is InChI=1S/C18H16N2O4/c1-18(2)13(10-21)16(20-8-4-3-5-15(20)22)12-9-11(17(19)23)6-7-14(12)24-18/h3-10H,1-2H3,(H2,19,23). The van der Waals surface area contributed by atoms with Crippen molar-refractivity contribution < 1.29 is 14.3 Å². The molecule has 0 saturated heterocycles. The minimum Gasteiger partial charge on any atom is -0.482 e. The van der Waals surface area contributed by atoms with Gasteiger partial charge in [-0.1, -0.05) is 6.07 Å². The zero-order chi connectivity index (χ0) is 17.5. The summed E-state index contributed by atoms with van der Waals surface area (Å²) in [5.74, 6) is -0.128. The second-order valence-corrected chi connectivity index (χ2v) is 5.98. The number of carbonyl (C=O) groups is 2. The van der Waals surface area contributed by atoms with Gasteiger partial charge in [0.25, 0.3) is 5.56 Å². The quantitative estimate of drug-likeness (QED) is 0.868. The molecule has 1 aromatic carbocycles. The van der Waals surface area contributed by atoms with Crippen LogP contribution in [0.15, 0.2) is 53.0 Å². The molecule has 0 radical (unpaired) electrons. The third kappa shape index (κ3) is 2.42. The Morgan fingerprint density at radius 3 is 2.62 bits per heavy atom. The Kier molecular flexibility index (Phi) is 3.60. The van der Waals surface area contributed by atoms with Gasteiger partial charge in [0, 0.05) is 23.4 Å². The summed E-state index contributed by atoms with van der Waals surface area (Å²) >= 11 is 0. The number of fused-ring (bicyclic) bond motifs is 1. The van der Waals surface area contributed by atoms with Gasteiger partial charge in [-0.05, 0) is 38.1 Å². The van der Waals surface area contributed by atoms with Crippen molar-refractivity contribution >= 4 is 17.9 Å². The topological polar surface area (TPSA) is 91.4 Å². The van der Waals surface area contributed by atoms with Gasteiger partial charge < -0.3 is 10.5 Å². The molecule has 0 fully saturated rings. The summed E-state index contributed by atoms with van der Waals surface area (Å²) < 4.78 is 7.27. The lowest BCUT2D eigenvalue weighted by Crippen LogP contribution is -2.38. The van der Waals surface area contributed by atoms with Gasteiger partial charge in [-0.15, -0.1) is 0 Å². The van der Waals surface area contributed by atoms with Gasteiger partial charge in [-0.25, -0.2) is 0 Å². The Morgan fingerprint density at radius 2 is 2.00 bits per heavy atom. The number of pyridine rings is 1. The van der Waals surface area contributed by atoms with E-state index in [0.29, 0.717) is 28.9 Å². The Labute approximate surface area is 138 Å². The van der Waals surface area contributed by atoms with Crippen molar-refractivity contribution in [1.29, 1.82) is 0 Å². The molecular formula is C18H16N2O4. The largest absolute Gasteiger partial charge is 0.482 e. The van der Waals surface area contributed by atoms with Gasteiger partial charge in [0.2, 0.25) is 5.91 Å². The zero-order valence-corrected chi connectivity index (χ0v) is 13.3. The molecule has 0 aliphatic carbocycles. The van der Waals surface area contributed by atoms with Crippen LogP contribution < -0.4 is 16.0 Å². The van der Waals surface area contributed by atoms with Gasteiger partial charge in [0.05, 0.1) is 11.3 Å². The summed E-state index contributed by atoms with van der Waals surface area (Å²) in [5, 5.41) is 0. The molecule has 0 unspecified atom stereocenters. The maximum atomic E-state index is 12.3. The maximum absolute atomic E-state index is 12.3. The first-order chi connectivity index (χ1) is 11.3. The number of nitrogens with zero attached hydrogens (tertiary/aromatic N) is 1. The average molecular weight is 324 g/mol. The summed E-state index contributed by atoms with van der Waals surface area (Å²) in [5.41, 5.74) is 5.58. The number of rotatable bonds is 3. The van der Waals surface area contributed by atoms with E-state index in [9.17, 15) is 14.4 Å². The summed E-state index contributed by atoms with van der Waals surface area (Å²) in [4.78, 5) is 35.6. The van der Waals surface area contributed by atoms with Crippen molar-refractivity contribution in [1.82, 2.24) is 4.57 Å². The molecular weight excluding hydrogens is 308 g/mol. The lowest BCUT2D eigenvalue weighted by molar-refractivity contribution is -0.106. The Morgan fingerprint density at radius 1 is 1.25 bits per heavy atom. The molecule has 0 saturated carbocycles. The van der Waals surface area contributed by atoms with Crippen LogP contribution in [0.2, 0.25) is 0 Å². The number of aldehydes is 1. The average Bonchev–Trinajstić information content (AvgIpc) is 2.53. The molecule has 6 nitrogen and oxygen atoms in total. The van der Waals surface area contributed by atoms with E-state index in [1.165, 1.54) is 16.7 Å². The minimum absolute atomic E-state index is 0.267. The first-order valence-electron chi connectivity index (χ1n) is 7.36. The van der Waals surface area contributed by atoms with Crippen molar-refractivity contribution in [3.05, 3.63) is 69.6 Å². The lowest BCUT2D eigenvalue weighted by atomic mass is 9.89. The highest BCUT2D eigenvalue weighted by atomic mass is 16.5. The number of carbonyl (C=O) groups excluding carboxylic acids is 2. The fourth-order valence-corrected chi connectivity index (χ4v) is 2.79. The van der Waals surface area contributed by atoms with Crippen LogP contribution in [-0.4, -0.2) is 22.4 Å². The second-order valence-electron chi connectivity index (χ2n) is 5.98. The molecule has 1 aromatic heterocycles. The normalized spacial score (nSPS) is 15.4. The van der Waals surface area contributed by atoms with Crippen molar-refractivity contribution in [2.75, 3.05) is 0 Å². The van der Waals surface area contributed by atoms with E-state index in [0.717, 1.165) is 0 Å². The van der Waals surface area contributed by atoms with E-state index < -0.39 is 11.5 Å². The van der Waals surface area contributed by atoms with Crippen LogP contribution >= 0.6 is 0 Å². The first kappa shape index (κ1) is 15.7. The molecule has 1 aliphatic heterocycles. The highest BCUT2D eigenvalue weighted by Crippen LogP contribution is 2.40. The lowest BCUT2D eigenvalue weighted by Gasteiger charge is -2.35. The first-order valence-corrected chi connectivity index (χ1v) is 7.36. The Hall–Kier alpha value is -3.15. The van der Waals surface area contributed by atoms with Crippen LogP contribution in [0.1, 0.15) is 29.8 Å². The van der Waals surface area contributed by atoms with Crippen LogP contribution in [0.5, 0.6) is 5.75 Å². The second kappa shape index (κ2) is 5.49. The van der Waals surface area contributed by atoms with E-state index in [1.54, 1.807) is 44.3 Å². The predicted octanol–water partition coefficient (Wildman–Crippen LogP) is 1.58. The van der Waals surface area contributed by atoms with Crippen molar-refractivity contribution in [2.45, 2.75) is 19.4 Å². The summed E-state index contributed by atoms with van der Waals surface area (Å²) in [7, 11) is 0. The zero-order valence-electron chi connectivity index (χ0n) is 13.3. The molecule has 2 N–H and O–H groups in total. The van der Waals surface area contributed by atoms with Crippen LogP contribution in [0, 0.1) is 0 Å². The number of amides is 1. The molecule has 2 aromatic rings. The third-order valence-corrected chi connectivity index (χ3v) is 3.97. The maximum Gasteiger partial charge on any atom is 0.255 e. The van der Waals surface area contributed by atoms with Crippen LogP contribution in [0.4, 0.5) is 0 Å². The number of nitrogens with two attached hydrogens (primary N) is 1. The number of aromatic nitrogens is 1. The summed E-state index contributed by atoms with van der Waals surface area (Å²) in [6.07, 6.45) is 2.25. The molecule has 6 heteroatoms. The molecule has 122 valence electrons. The number of primary amides is 1. The van der Waals surface area contributed by atoms with E-state index in [1.807, 2.05) is 0 Å². The Balaban J connectivity index is 2.41. The van der Waals surface area contributed by atoms with E-state index >= 15 is 0 Å². The Bertz CT molecular complexity index is 938. The number of hydrogen-bond donors (Lipinski definition) is 1. The molecule has 1 aliphatic rings. The van der Waals surface area contributed by atoms with Crippen LogP contribution in [-0.2, 0) is 4.79 Å². The van der Waals surface area contributed by atoms with Gasteiger partial charge in [-0.2, -0.15) is 0 Å². The fourth-order valence-electron chi connectivity index (χ4n) is 2.79. The smallest absolute Gasteiger partial charge is 0.255 e. The molecule has 3 rings (SSSR count). The van der Waals surface area contributed by atoms with Gasteiger partial charge in [0.15, 0.2) is 6.29 Å². The van der Waals surface area contributed by atoms with Crippen molar-refractivity contribution in [3.63, 3.8) is 0 Å². The van der Waals surface area contributed by atoms with Gasteiger partial charge in [-0.3, -0.25) is 19.0 Å². The minimum atomic E-state index is -0.923. The highest BCUT2D eigenvalue weighted by Gasteiger charge is 2.36. The molecule has 1 amide bonds.